The van der Waals surface area contributed by atoms with E-state index < -0.39 is 17.6 Å². The van der Waals surface area contributed by atoms with Crippen LogP contribution in [0.15, 0.2) is 18.2 Å². The van der Waals surface area contributed by atoms with E-state index in [9.17, 15) is 18.4 Å². The summed E-state index contributed by atoms with van der Waals surface area (Å²) in [6.07, 6.45) is 0.382. The molecule has 126 valence electrons. The molecule has 2 saturated heterocycles. The summed E-state index contributed by atoms with van der Waals surface area (Å²) in [4.78, 5) is 25.7. The van der Waals surface area contributed by atoms with Crippen LogP contribution in [0.25, 0.3) is 0 Å². The molecule has 0 aromatic heterocycles. The first kappa shape index (κ1) is 17.6. The summed E-state index contributed by atoms with van der Waals surface area (Å²) in [6, 6.07) is 3.30. The maximum atomic E-state index is 13.3. The number of carbonyl (C=O) groups is 2. The van der Waals surface area contributed by atoms with Crippen molar-refractivity contribution >= 4 is 29.9 Å². The molecule has 2 heterocycles. The second kappa shape index (κ2) is 7.23. The van der Waals surface area contributed by atoms with Gasteiger partial charge in [0, 0.05) is 43.9 Å². The van der Waals surface area contributed by atoms with Gasteiger partial charge in [-0.1, -0.05) is 0 Å². The molecule has 0 spiro atoms. The highest BCUT2D eigenvalue weighted by Crippen LogP contribution is 2.26. The monoisotopic (exact) mass is 345 g/mol. The van der Waals surface area contributed by atoms with Gasteiger partial charge in [0.15, 0.2) is 11.6 Å². The number of amides is 2. The number of nitrogens with zero attached hydrogens (tertiary/aromatic N) is 1. The van der Waals surface area contributed by atoms with Crippen molar-refractivity contribution in [2.45, 2.75) is 6.42 Å². The quantitative estimate of drug-likeness (QED) is 0.803. The van der Waals surface area contributed by atoms with Gasteiger partial charge in [0.2, 0.25) is 11.8 Å². The Hall–Kier alpha value is -1.73. The van der Waals surface area contributed by atoms with E-state index in [-0.39, 0.29) is 29.9 Å². The molecule has 1 unspecified atom stereocenters. The summed E-state index contributed by atoms with van der Waals surface area (Å²) in [5.41, 5.74) is 0.280. The molecule has 0 saturated carbocycles. The number of hydrogen-bond acceptors (Lipinski definition) is 3. The Labute approximate surface area is 138 Å². The number of nitrogens with one attached hydrogen (secondary N) is 2. The van der Waals surface area contributed by atoms with Crippen LogP contribution in [0.2, 0.25) is 0 Å². The molecule has 8 heteroatoms. The molecular weight excluding hydrogens is 328 g/mol. The van der Waals surface area contributed by atoms with E-state index in [1.807, 2.05) is 0 Å². The van der Waals surface area contributed by atoms with E-state index in [0.717, 1.165) is 25.2 Å². The predicted molar refractivity (Wildman–Crippen MR) is 83.4 cm³/mol. The van der Waals surface area contributed by atoms with Gasteiger partial charge in [-0.05, 0) is 18.6 Å². The highest BCUT2D eigenvalue weighted by atomic mass is 35.5. The minimum Gasteiger partial charge on any atom is -0.355 e. The van der Waals surface area contributed by atoms with Gasteiger partial charge in [-0.25, -0.2) is 8.78 Å². The lowest BCUT2D eigenvalue weighted by molar-refractivity contribution is -0.132. The van der Waals surface area contributed by atoms with Crippen molar-refractivity contribution in [3.05, 3.63) is 29.8 Å². The van der Waals surface area contributed by atoms with Gasteiger partial charge in [0.05, 0.1) is 0 Å². The van der Waals surface area contributed by atoms with E-state index in [0.29, 0.717) is 25.4 Å². The Bertz CT molecular complexity index is 610. The zero-order valence-electron chi connectivity index (χ0n) is 12.4. The van der Waals surface area contributed by atoms with E-state index in [1.165, 1.54) is 11.0 Å². The van der Waals surface area contributed by atoms with E-state index >= 15 is 0 Å². The number of carbonyl (C=O) groups excluding carboxylic acids is 2. The highest BCUT2D eigenvalue weighted by Gasteiger charge is 2.38. The molecule has 2 aliphatic rings. The third-order valence-corrected chi connectivity index (χ3v) is 4.17. The molecule has 2 aliphatic heterocycles. The van der Waals surface area contributed by atoms with Crippen molar-refractivity contribution in [2.24, 2.45) is 11.8 Å². The van der Waals surface area contributed by atoms with Crippen molar-refractivity contribution in [3.8, 4) is 0 Å². The molecule has 2 amide bonds. The number of halogens is 3. The molecule has 2 fully saturated rings. The summed E-state index contributed by atoms with van der Waals surface area (Å²) in [6.45, 7) is 2.63. The van der Waals surface area contributed by atoms with E-state index in [2.05, 4.69) is 10.6 Å². The van der Waals surface area contributed by atoms with Crippen LogP contribution >= 0.6 is 12.4 Å². The summed E-state index contributed by atoms with van der Waals surface area (Å²) < 4.78 is 26.2. The fourth-order valence-corrected chi connectivity index (χ4v) is 2.69. The Morgan fingerprint density at radius 1 is 1.30 bits per heavy atom. The largest absolute Gasteiger partial charge is 0.355 e. The Kier molecular flexibility index (Phi) is 5.54. The third kappa shape index (κ3) is 3.61. The van der Waals surface area contributed by atoms with E-state index in [4.69, 9.17) is 0 Å². The van der Waals surface area contributed by atoms with Gasteiger partial charge in [0.1, 0.15) is 5.92 Å². The first-order chi connectivity index (χ1) is 10.6. The first-order valence-corrected chi connectivity index (χ1v) is 7.31. The average molecular weight is 346 g/mol. The molecular formula is C15H18ClF2N3O2. The molecule has 1 aromatic carbocycles. The lowest BCUT2D eigenvalue weighted by atomic mass is 10.0. The number of anilines is 1. The normalized spacial score (nSPS) is 20.9. The van der Waals surface area contributed by atoms with Gasteiger partial charge in [-0.15, -0.1) is 12.4 Å². The number of benzene rings is 1. The van der Waals surface area contributed by atoms with Gasteiger partial charge in [-0.2, -0.15) is 0 Å². The molecule has 0 radical (unpaired) electrons. The Balaban J connectivity index is 0.00000192. The van der Waals surface area contributed by atoms with Gasteiger partial charge < -0.3 is 15.5 Å². The van der Waals surface area contributed by atoms with Gasteiger partial charge in [-0.3, -0.25) is 9.59 Å². The summed E-state index contributed by atoms with van der Waals surface area (Å²) >= 11 is 0. The summed E-state index contributed by atoms with van der Waals surface area (Å²) in [7, 11) is 0. The molecule has 0 aliphatic carbocycles. The van der Waals surface area contributed by atoms with Crippen LogP contribution in [0.4, 0.5) is 14.5 Å². The highest BCUT2D eigenvalue weighted by molar-refractivity contribution is 6.09. The fraction of sp³-hybridized carbons (Fsp3) is 0.467. The Morgan fingerprint density at radius 3 is 2.65 bits per heavy atom. The van der Waals surface area contributed by atoms with Crippen molar-refractivity contribution in [1.82, 2.24) is 10.6 Å². The second-order valence-electron chi connectivity index (χ2n) is 5.70. The lowest BCUT2D eigenvalue weighted by Crippen LogP contribution is -2.49. The van der Waals surface area contributed by atoms with Crippen LogP contribution in [-0.2, 0) is 9.59 Å². The third-order valence-electron chi connectivity index (χ3n) is 4.17. The van der Waals surface area contributed by atoms with Crippen molar-refractivity contribution in [2.75, 3.05) is 31.1 Å². The molecule has 3 rings (SSSR count). The summed E-state index contributed by atoms with van der Waals surface area (Å²) in [5, 5.41) is 5.90. The predicted octanol–water partition coefficient (Wildman–Crippen LogP) is 1.08. The molecule has 0 bridgehead atoms. The topological polar surface area (TPSA) is 61.4 Å². The molecule has 23 heavy (non-hydrogen) atoms. The Morgan fingerprint density at radius 2 is 2.04 bits per heavy atom. The molecule has 5 nitrogen and oxygen atoms in total. The second-order valence-corrected chi connectivity index (χ2v) is 5.70. The van der Waals surface area contributed by atoms with Crippen LogP contribution in [0.3, 0.4) is 0 Å². The maximum Gasteiger partial charge on any atom is 0.239 e. The fourth-order valence-electron chi connectivity index (χ4n) is 2.69. The van der Waals surface area contributed by atoms with Gasteiger partial charge in [0.25, 0.3) is 0 Å². The SMILES string of the molecule is Cl.O=C(NCC1CNC1)C1CCN(c2ccc(F)c(F)c2)C1=O. The summed E-state index contributed by atoms with van der Waals surface area (Å²) in [5.74, 6) is -2.95. The van der Waals surface area contributed by atoms with Crippen LogP contribution in [-0.4, -0.2) is 38.0 Å². The number of rotatable bonds is 4. The van der Waals surface area contributed by atoms with Crippen LogP contribution in [0.5, 0.6) is 0 Å². The molecule has 1 aromatic rings. The van der Waals surface area contributed by atoms with Crippen molar-refractivity contribution in [3.63, 3.8) is 0 Å². The van der Waals surface area contributed by atoms with E-state index in [1.54, 1.807) is 0 Å². The van der Waals surface area contributed by atoms with Gasteiger partial charge >= 0.3 is 0 Å². The maximum absolute atomic E-state index is 13.3. The van der Waals surface area contributed by atoms with Crippen LogP contribution < -0.4 is 15.5 Å². The van der Waals surface area contributed by atoms with Crippen LogP contribution in [0.1, 0.15) is 6.42 Å². The minimum atomic E-state index is -1.00. The molecule has 2 N–H and O–H groups in total. The number of hydrogen-bond donors (Lipinski definition) is 2. The van der Waals surface area contributed by atoms with Crippen molar-refractivity contribution < 1.29 is 18.4 Å². The lowest BCUT2D eigenvalue weighted by Gasteiger charge is -2.27. The first-order valence-electron chi connectivity index (χ1n) is 7.31. The van der Waals surface area contributed by atoms with Crippen LogP contribution in [0, 0.1) is 23.5 Å². The smallest absolute Gasteiger partial charge is 0.239 e. The zero-order chi connectivity index (χ0) is 15.7. The zero-order valence-corrected chi connectivity index (χ0v) is 13.2. The standard InChI is InChI=1S/C15H17F2N3O2.ClH/c16-12-2-1-10(5-13(12)17)20-4-3-11(15(20)22)14(21)19-8-9-6-18-7-9;/h1-2,5,9,11,18H,3-4,6-8H2,(H,19,21);1H. The average Bonchev–Trinajstić information content (AvgIpc) is 2.82. The van der Waals surface area contributed by atoms with Crippen molar-refractivity contribution in [1.29, 1.82) is 0 Å². The molecule has 1 atom stereocenters. The minimum absolute atomic E-state index is 0.